The molecule has 10 aromatic rings. The number of furan rings is 2. The Morgan fingerprint density at radius 3 is 1.84 bits per heavy atom. The molecule has 67 heavy (non-hydrogen) atoms. The predicted molar refractivity (Wildman–Crippen MR) is 275 cm³/mol. The van der Waals surface area contributed by atoms with E-state index in [0.717, 1.165) is 113 Å². The number of anilines is 6. The maximum absolute atomic E-state index is 6.84. The van der Waals surface area contributed by atoms with E-state index in [0.29, 0.717) is 13.2 Å². The summed E-state index contributed by atoms with van der Waals surface area (Å²) in [5.74, 6) is 3.22. The van der Waals surface area contributed by atoms with E-state index < -0.39 is 0 Å². The fourth-order valence-corrected chi connectivity index (χ4v) is 10.6. The van der Waals surface area contributed by atoms with Gasteiger partial charge < -0.3 is 28.1 Å². The average molecular weight is 871 g/mol. The van der Waals surface area contributed by atoms with E-state index in [9.17, 15) is 0 Å². The molecule has 0 fully saturated rings. The van der Waals surface area contributed by atoms with Crippen molar-refractivity contribution in [1.82, 2.24) is 0 Å². The van der Waals surface area contributed by atoms with Crippen molar-refractivity contribution < 1.29 is 18.3 Å². The fourth-order valence-electron chi connectivity index (χ4n) is 10.6. The molecule has 324 valence electrons. The Morgan fingerprint density at radius 1 is 0.507 bits per heavy atom. The van der Waals surface area contributed by atoms with Crippen molar-refractivity contribution in [1.29, 1.82) is 0 Å². The van der Waals surface area contributed by atoms with Gasteiger partial charge in [0.2, 0.25) is 0 Å². The molecule has 5 heterocycles. The summed E-state index contributed by atoms with van der Waals surface area (Å²) in [5, 5.41) is 2.17. The number of fused-ring (bicyclic) bond motifs is 7. The van der Waals surface area contributed by atoms with Crippen LogP contribution < -0.4 is 35.7 Å². The molecule has 0 spiro atoms. The summed E-state index contributed by atoms with van der Waals surface area (Å²) in [6.07, 6.45) is 0.802. The summed E-state index contributed by atoms with van der Waals surface area (Å²) < 4.78 is 26.3. The SMILES string of the molecule is Cc1cc2c3c(c1)N(c1c(-c4ccccc4)ccc4c1OCCCO4)c1ccc(C(C)(C)C)cc1B3c1cc(-c3cc4ccccc4o3)ccc1N2c1ccc(-c2cc3ccccc3o2)cc1. The number of para-hydroxylation sites is 2. The van der Waals surface area contributed by atoms with Gasteiger partial charge in [0.15, 0.2) is 11.5 Å². The van der Waals surface area contributed by atoms with E-state index in [1.54, 1.807) is 0 Å². The van der Waals surface area contributed by atoms with Gasteiger partial charge >= 0.3 is 0 Å². The van der Waals surface area contributed by atoms with Gasteiger partial charge in [-0.05, 0) is 136 Å². The summed E-state index contributed by atoms with van der Waals surface area (Å²) in [7, 11) is 0. The minimum absolute atomic E-state index is 0.104. The van der Waals surface area contributed by atoms with Crippen LogP contribution in [0.25, 0.3) is 55.7 Å². The second-order valence-corrected chi connectivity index (χ2v) is 19.2. The second kappa shape index (κ2) is 15.1. The van der Waals surface area contributed by atoms with Crippen molar-refractivity contribution in [2.24, 2.45) is 0 Å². The quantitative estimate of drug-likeness (QED) is 0.161. The van der Waals surface area contributed by atoms with Gasteiger partial charge in [0.25, 0.3) is 6.71 Å². The molecule has 13 rings (SSSR count). The first-order valence-electron chi connectivity index (χ1n) is 23.3. The molecule has 0 saturated carbocycles. The lowest BCUT2D eigenvalue weighted by Gasteiger charge is -2.45. The first-order chi connectivity index (χ1) is 32.7. The van der Waals surface area contributed by atoms with Gasteiger partial charge in [-0.3, -0.25) is 0 Å². The number of hydrogen-bond acceptors (Lipinski definition) is 6. The number of aryl methyl sites for hydroxylation is 1. The lowest BCUT2D eigenvalue weighted by molar-refractivity contribution is 0.297. The van der Waals surface area contributed by atoms with Gasteiger partial charge in [-0.25, -0.2) is 0 Å². The Balaban J connectivity index is 1.10. The maximum Gasteiger partial charge on any atom is 0.252 e. The molecule has 0 saturated heterocycles. The lowest BCUT2D eigenvalue weighted by Crippen LogP contribution is -2.61. The Morgan fingerprint density at radius 2 is 1.12 bits per heavy atom. The number of nitrogens with zero attached hydrogens (tertiary/aromatic N) is 2. The first-order valence-corrected chi connectivity index (χ1v) is 23.3. The Bertz CT molecular complexity index is 3520. The molecule has 0 aliphatic carbocycles. The zero-order valence-corrected chi connectivity index (χ0v) is 38.0. The van der Waals surface area contributed by atoms with E-state index in [1.807, 2.05) is 24.3 Å². The van der Waals surface area contributed by atoms with Crippen molar-refractivity contribution in [2.45, 2.75) is 39.5 Å². The lowest BCUT2D eigenvalue weighted by atomic mass is 9.33. The molecule has 8 aromatic carbocycles. The van der Waals surface area contributed by atoms with Crippen LogP contribution in [0.2, 0.25) is 0 Å². The Hall–Kier alpha value is -7.90. The van der Waals surface area contributed by atoms with E-state index >= 15 is 0 Å². The highest BCUT2D eigenvalue weighted by molar-refractivity contribution is 7.00. The van der Waals surface area contributed by atoms with Crippen molar-refractivity contribution in [3.8, 4) is 45.3 Å². The molecule has 0 N–H and O–H groups in total. The van der Waals surface area contributed by atoms with Crippen LogP contribution in [0.1, 0.15) is 38.3 Å². The zero-order chi connectivity index (χ0) is 45.0. The maximum atomic E-state index is 6.84. The highest BCUT2D eigenvalue weighted by Gasteiger charge is 2.45. The summed E-state index contributed by atoms with van der Waals surface area (Å²) in [4.78, 5) is 4.94. The molecule has 0 radical (unpaired) electrons. The largest absolute Gasteiger partial charge is 0.489 e. The van der Waals surface area contributed by atoms with E-state index in [-0.39, 0.29) is 12.1 Å². The predicted octanol–water partition coefficient (Wildman–Crippen LogP) is 14.0. The van der Waals surface area contributed by atoms with E-state index in [4.69, 9.17) is 18.3 Å². The van der Waals surface area contributed by atoms with Crippen molar-refractivity contribution in [3.05, 3.63) is 187 Å². The van der Waals surface area contributed by atoms with E-state index in [2.05, 4.69) is 189 Å². The van der Waals surface area contributed by atoms with Crippen molar-refractivity contribution in [2.75, 3.05) is 23.0 Å². The third-order valence-corrected chi connectivity index (χ3v) is 13.8. The molecular formula is C60H47BN2O4. The van der Waals surface area contributed by atoms with Crippen LogP contribution in [-0.4, -0.2) is 19.9 Å². The van der Waals surface area contributed by atoms with Crippen LogP contribution in [0.4, 0.5) is 34.1 Å². The molecule has 0 amide bonds. The third kappa shape index (κ3) is 6.40. The molecule has 7 heteroatoms. The van der Waals surface area contributed by atoms with Crippen LogP contribution >= 0.6 is 0 Å². The van der Waals surface area contributed by atoms with Gasteiger partial charge in [0.1, 0.15) is 28.4 Å². The van der Waals surface area contributed by atoms with Gasteiger partial charge in [-0.15, -0.1) is 0 Å². The van der Waals surface area contributed by atoms with Gasteiger partial charge in [0.05, 0.1) is 13.2 Å². The zero-order valence-electron chi connectivity index (χ0n) is 38.0. The standard InChI is InChI=1S/C60H47BN2O4/c1-37-31-50-57-51(32-37)63(58-45(38-13-6-5-7-14-38)25-28-54-59(58)65-30-12-29-64-54)49-27-22-43(60(2,3)4)36-47(49)61(57)46-33-42(56-35-41-16-9-11-18-53(41)67-56)21-26-48(46)62(50)44-23-19-39(20-24-44)55-34-40-15-8-10-17-52(40)66-55/h5-11,13-28,31-36H,12,29-30H2,1-4H3. The third-order valence-electron chi connectivity index (χ3n) is 13.8. The molecular weight excluding hydrogens is 823 g/mol. The van der Waals surface area contributed by atoms with Gasteiger partial charge in [-0.2, -0.15) is 0 Å². The summed E-state index contributed by atoms with van der Waals surface area (Å²) in [6.45, 7) is 10.2. The molecule has 2 aromatic heterocycles. The average Bonchev–Trinajstić information content (AvgIpc) is 3.91. The minimum Gasteiger partial charge on any atom is -0.489 e. The normalized spacial score (nSPS) is 13.9. The van der Waals surface area contributed by atoms with Crippen LogP contribution in [0.5, 0.6) is 11.5 Å². The molecule has 3 aliphatic rings. The monoisotopic (exact) mass is 870 g/mol. The summed E-state index contributed by atoms with van der Waals surface area (Å²) in [6, 6.07) is 63.3. The Kier molecular flexibility index (Phi) is 8.88. The van der Waals surface area contributed by atoms with Crippen LogP contribution in [0.3, 0.4) is 0 Å². The van der Waals surface area contributed by atoms with Crippen molar-refractivity contribution >= 4 is 79.2 Å². The van der Waals surface area contributed by atoms with Crippen molar-refractivity contribution in [3.63, 3.8) is 0 Å². The minimum atomic E-state index is -0.121. The topological polar surface area (TPSA) is 51.2 Å². The van der Waals surface area contributed by atoms with Gasteiger partial charge in [-0.1, -0.05) is 106 Å². The molecule has 3 aliphatic heterocycles. The first kappa shape index (κ1) is 39.5. The smallest absolute Gasteiger partial charge is 0.252 e. The number of hydrogen-bond donors (Lipinski definition) is 0. The summed E-state index contributed by atoms with van der Waals surface area (Å²) >= 11 is 0. The van der Waals surface area contributed by atoms with E-state index in [1.165, 1.54) is 22.0 Å². The highest BCUT2D eigenvalue weighted by atomic mass is 16.5. The highest BCUT2D eigenvalue weighted by Crippen LogP contribution is 2.53. The second-order valence-electron chi connectivity index (χ2n) is 19.2. The fraction of sp³-hybridized carbons (Fsp3) is 0.133. The Labute approximate surface area is 390 Å². The molecule has 0 unspecified atom stereocenters. The number of rotatable bonds is 5. The van der Waals surface area contributed by atoms with Crippen LogP contribution in [0, 0.1) is 6.92 Å². The summed E-state index contributed by atoms with van der Waals surface area (Å²) in [5.41, 5.74) is 18.5. The molecule has 6 nitrogen and oxygen atoms in total. The molecule has 0 bridgehead atoms. The van der Waals surface area contributed by atoms with Gasteiger partial charge in [0, 0.05) is 62.3 Å². The number of benzene rings is 8. The number of ether oxygens (including phenoxy) is 2. The molecule has 0 atom stereocenters. The van der Waals surface area contributed by atoms with Crippen LogP contribution in [0.15, 0.2) is 185 Å². The van der Waals surface area contributed by atoms with Crippen LogP contribution in [-0.2, 0) is 5.41 Å².